The zero-order valence-corrected chi connectivity index (χ0v) is 27.6. The summed E-state index contributed by atoms with van der Waals surface area (Å²) in [5.41, 5.74) is 2.63. The average Bonchev–Trinajstić information content (AvgIpc) is 3.69. The summed E-state index contributed by atoms with van der Waals surface area (Å²) in [6.45, 7) is 6.23. The highest BCUT2D eigenvalue weighted by molar-refractivity contribution is 5.86. The summed E-state index contributed by atoms with van der Waals surface area (Å²) in [7, 11) is 2.17. The van der Waals surface area contributed by atoms with Gasteiger partial charge in [-0.2, -0.15) is 0 Å². The van der Waals surface area contributed by atoms with Crippen LogP contribution in [0.4, 0.5) is 0 Å². The Balaban J connectivity index is 1.01. The Bertz CT molecular complexity index is 1840. The first-order chi connectivity index (χ1) is 23.3. The van der Waals surface area contributed by atoms with Gasteiger partial charge in [-0.05, 0) is 69.9 Å². The first-order valence-electron chi connectivity index (χ1n) is 17.2. The fourth-order valence-corrected chi connectivity index (χ4v) is 7.67. The van der Waals surface area contributed by atoms with Crippen LogP contribution in [0.25, 0.3) is 22.4 Å². The molecule has 2 aromatic carbocycles. The van der Waals surface area contributed by atoms with Crippen molar-refractivity contribution < 1.29 is 9.59 Å². The van der Waals surface area contributed by atoms with E-state index in [4.69, 9.17) is 0 Å². The van der Waals surface area contributed by atoms with Crippen LogP contribution < -0.4 is 11.4 Å². The van der Waals surface area contributed by atoms with E-state index in [2.05, 4.69) is 36.9 Å². The molecule has 2 aromatic heterocycles. The SMILES string of the molecule is CN1CCC(N2CCN(C(=O)C(CC(=O)N3CCC(n4nc(-c5ccccc5)[nH]c4=O)CC3)Cc3ccc4[nH]c(=O)[nH]c4c3)CC2)CC1. The number of piperidine rings is 2. The zero-order valence-electron chi connectivity index (χ0n) is 27.6. The number of piperazine rings is 1. The molecule has 3 N–H and O–H groups in total. The molecule has 13 nitrogen and oxygen atoms in total. The lowest BCUT2D eigenvalue weighted by Gasteiger charge is -2.43. The average molecular weight is 656 g/mol. The molecule has 0 bridgehead atoms. The molecule has 0 aliphatic carbocycles. The predicted octanol–water partition coefficient (Wildman–Crippen LogP) is 2.06. The highest BCUT2D eigenvalue weighted by atomic mass is 16.2. The van der Waals surface area contributed by atoms with Crippen molar-refractivity contribution >= 4 is 22.8 Å². The Hall–Kier alpha value is -4.49. The van der Waals surface area contributed by atoms with Gasteiger partial charge in [-0.1, -0.05) is 36.4 Å². The summed E-state index contributed by atoms with van der Waals surface area (Å²) < 4.78 is 1.52. The number of hydrogen-bond acceptors (Lipinski definition) is 7. The summed E-state index contributed by atoms with van der Waals surface area (Å²) in [6, 6.07) is 15.7. The van der Waals surface area contributed by atoms with Crippen LogP contribution >= 0.6 is 0 Å². The predicted molar refractivity (Wildman–Crippen MR) is 183 cm³/mol. The van der Waals surface area contributed by atoms with E-state index in [-0.39, 0.29) is 35.7 Å². The van der Waals surface area contributed by atoms with Crippen molar-refractivity contribution in [3.63, 3.8) is 0 Å². The number of carbonyl (C=O) groups excluding carboxylic acids is 2. The Morgan fingerprint density at radius 2 is 1.48 bits per heavy atom. The molecule has 5 heterocycles. The molecule has 2 amide bonds. The number of aromatic nitrogens is 5. The number of benzene rings is 2. The van der Waals surface area contributed by atoms with Crippen molar-refractivity contribution in [1.29, 1.82) is 0 Å². The maximum atomic E-state index is 14.1. The number of H-pyrrole nitrogens is 3. The molecule has 1 atom stereocenters. The fourth-order valence-electron chi connectivity index (χ4n) is 7.67. The monoisotopic (exact) mass is 655 g/mol. The Labute approximate surface area is 278 Å². The Morgan fingerprint density at radius 1 is 0.792 bits per heavy atom. The van der Waals surface area contributed by atoms with Gasteiger partial charge in [0.05, 0.1) is 23.0 Å². The van der Waals surface area contributed by atoms with Crippen LogP contribution in [-0.4, -0.2) is 122 Å². The maximum Gasteiger partial charge on any atom is 0.343 e. The van der Waals surface area contributed by atoms with Crippen LogP contribution in [0.15, 0.2) is 58.1 Å². The van der Waals surface area contributed by atoms with Crippen LogP contribution in [0, 0.1) is 5.92 Å². The molecule has 4 aromatic rings. The zero-order chi connectivity index (χ0) is 33.2. The summed E-state index contributed by atoms with van der Waals surface area (Å²) >= 11 is 0. The molecule has 48 heavy (non-hydrogen) atoms. The molecule has 3 aliphatic rings. The van der Waals surface area contributed by atoms with Crippen molar-refractivity contribution in [2.24, 2.45) is 5.92 Å². The van der Waals surface area contributed by atoms with Gasteiger partial charge in [0.2, 0.25) is 11.8 Å². The van der Waals surface area contributed by atoms with Gasteiger partial charge >= 0.3 is 11.4 Å². The Morgan fingerprint density at radius 3 is 2.21 bits per heavy atom. The number of nitrogens with one attached hydrogen (secondary N) is 3. The molecule has 0 saturated carbocycles. The van der Waals surface area contributed by atoms with Crippen molar-refractivity contribution in [1.82, 2.24) is 44.3 Å². The molecule has 3 fully saturated rings. The highest BCUT2D eigenvalue weighted by Crippen LogP contribution is 2.26. The van der Waals surface area contributed by atoms with Gasteiger partial charge in [-0.15, -0.1) is 5.10 Å². The second-order valence-electron chi connectivity index (χ2n) is 13.7. The molecule has 7 rings (SSSR count). The third kappa shape index (κ3) is 7.02. The van der Waals surface area contributed by atoms with Gasteiger partial charge in [-0.25, -0.2) is 14.3 Å². The van der Waals surface area contributed by atoms with Crippen molar-refractivity contribution in [3.8, 4) is 11.4 Å². The van der Waals surface area contributed by atoms with Gasteiger partial charge in [0.15, 0.2) is 5.82 Å². The van der Waals surface area contributed by atoms with Gasteiger partial charge in [0.25, 0.3) is 0 Å². The number of likely N-dealkylation sites (tertiary alicyclic amines) is 2. The molecule has 3 saturated heterocycles. The minimum absolute atomic E-state index is 0.0143. The summed E-state index contributed by atoms with van der Waals surface area (Å²) in [4.78, 5) is 69.7. The van der Waals surface area contributed by atoms with Crippen molar-refractivity contribution in [2.45, 2.75) is 50.6 Å². The molecule has 3 aliphatic heterocycles. The van der Waals surface area contributed by atoms with E-state index in [0.717, 1.165) is 50.1 Å². The fraction of sp³-hybridized carbons (Fsp3) is 0.514. The number of carbonyl (C=O) groups is 2. The van der Waals surface area contributed by atoms with Crippen LogP contribution in [0.2, 0.25) is 0 Å². The maximum absolute atomic E-state index is 14.1. The molecular weight excluding hydrogens is 610 g/mol. The normalized spacial score (nSPS) is 19.6. The van der Waals surface area contributed by atoms with Gasteiger partial charge in [0, 0.05) is 57.3 Å². The number of imidazole rings is 1. The first kappa shape index (κ1) is 32.1. The minimum atomic E-state index is -0.518. The molecule has 0 spiro atoms. The first-order valence-corrected chi connectivity index (χ1v) is 17.2. The smallest absolute Gasteiger partial charge is 0.343 e. The van der Waals surface area contributed by atoms with E-state index in [9.17, 15) is 19.2 Å². The van der Waals surface area contributed by atoms with E-state index in [1.165, 1.54) is 4.68 Å². The second kappa shape index (κ2) is 13.9. The summed E-state index contributed by atoms with van der Waals surface area (Å²) in [5, 5.41) is 4.57. The number of fused-ring (bicyclic) bond motifs is 1. The van der Waals surface area contributed by atoms with Gasteiger partial charge in [-0.3, -0.25) is 19.5 Å². The topological polar surface area (TPSA) is 146 Å². The number of rotatable bonds is 8. The Kier molecular flexibility index (Phi) is 9.31. The third-order valence-electron chi connectivity index (χ3n) is 10.5. The molecule has 1 unspecified atom stereocenters. The standard InChI is InChI=1S/C35H45N9O4/c1-40-13-9-27(10-14-40)41-17-19-43(20-18-41)33(46)26(21-24-7-8-29-30(22-24)37-34(47)36-29)23-31(45)42-15-11-28(12-16-42)44-35(48)38-32(39-44)25-5-3-2-4-6-25/h2-8,22,26-28H,9-21,23H2,1H3,(H2,36,37,47)(H,38,39,48). The van der Waals surface area contributed by atoms with Gasteiger partial charge < -0.3 is 24.7 Å². The second-order valence-corrected chi connectivity index (χ2v) is 13.7. The van der Waals surface area contributed by atoms with E-state index in [1.54, 1.807) is 0 Å². The van der Waals surface area contributed by atoms with E-state index in [0.29, 0.717) is 68.3 Å². The van der Waals surface area contributed by atoms with Crippen LogP contribution in [0.1, 0.15) is 43.7 Å². The van der Waals surface area contributed by atoms with Gasteiger partial charge in [0.1, 0.15) is 0 Å². The lowest BCUT2D eigenvalue weighted by molar-refractivity contribution is -0.143. The number of hydrogen-bond donors (Lipinski definition) is 3. The molecular formula is C35H45N9O4. The number of nitrogens with zero attached hydrogens (tertiary/aromatic N) is 6. The largest absolute Gasteiger partial charge is 0.343 e. The molecule has 254 valence electrons. The van der Waals surface area contributed by atoms with Crippen LogP contribution in [0.3, 0.4) is 0 Å². The summed E-state index contributed by atoms with van der Waals surface area (Å²) in [5.74, 6) is -0.0159. The highest BCUT2D eigenvalue weighted by Gasteiger charge is 2.34. The lowest BCUT2D eigenvalue weighted by atomic mass is 9.92. The lowest BCUT2D eigenvalue weighted by Crippen LogP contribution is -2.55. The van der Waals surface area contributed by atoms with Crippen molar-refractivity contribution in [3.05, 3.63) is 75.1 Å². The van der Waals surface area contributed by atoms with E-state index in [1.807, 2.05) is 58.3 Å². The summed E-state index contributed by atoms with van der Waals surface area (Å²) in [6.07, 6.45) is 4.06. The molecule has 0 radical (unpaired) electrons. The molecule has 13 heteroatoms. The minimum Gasteiger partial charge on any atom is -0.343 e. The van der Waals surface area contributed by atoms with E-state index >= 15 is 0 Å². The van der Waals surface area contributed by atoms with Crippen molar-refractivity contribution in [2.75, 3.05) is 59.4 Å². The number of aromatic amines is 3. The van der Waals surface area contributed by atoms with Crippen LogP contribution in [-0.2, 0) is 16.0 Å². The number of amides is 2. The quantitative estimate of drug-likeness (QED) is 0.264. The van der Waals surface area contributed by atoms with Crippen LogP contribution in [0.5, 0.6) is 0 Å². The third-order valence-corrected chi connectivity index (χ3v) is 10.5. The van der Waals surface area contributed by atoms with E-state index < -0.39 is 5.92 Å².